The molecule has 2 atom stereocenters. The van der Waals surface area contributed by atoms with Crippen LogP contribution in [0.2, 0.25) is 10.0 Å². The lowest BCUT2D eigenvalue weighted by Gasteiger charge is -2.25. The van der Waals surface area contributed by atoms with Crippen LogP contribution in [0.15, 0.2) is 66.2 Å². The Hall–Kier alpha value is -3.35. The number of hydrogen-bond acceptors (Lipinski definition) is 4. The van der Waals surface area contributed by atoms with E-state index in [4.69, 9.17) is 27.9 Å². The highest BCUT2D eigenvalue weighted by atomic mass is 35.5. The summed E-state index contributed by atoms with van der Waals surface area (Å²) in [5, 5.41) is 11.8. The van der Waals surface area contributed by atoms with Crippen LogP contribution in [0.25, 0.3) is 5.76 Å². The monoisotopic (exact) mass is 497 g/mol. The molecule has 1 saturated heterocycles. The molecule has 8 heteroatoms. The minimum atomic E-state index is -1.02. The summed E-state index contributed by atoms with van der Waals surface area (Å²) in [6.07, 6.45) is 0.664. The van der Waals surface area contributed by atoms with E-state index in [1.54, 1.807) is 18.2 Å². The zero-order valence-electron chi connectivity index (χ0n) is 17.9. The molecule has 3 aromatic rings. The Labute approximate surface area is 205 Å². The summed E-state index contributed by atoms with van der Waals surface area (Å²) in [6.45, 7) is 1.94. The van der Waals surface area contributed by atoms with Gasteiger partial charge in [-0.05, 0) is 66.6 Å². The summed E-state index contributed by atoms with van der Waals surface area (Å²) in [6, 6.07) is 14.0. The first-order valence-electron chi connectivity index (χ1n) is 10.6. The molecule has 3 aromatic carbocycles. The first-order valence-corrected chi connectivity index (χ1v) is 11.3. The number of Topliss-reactive ketones (excluding diaryl/α,β-unsaturated/α-hetero) is 1. The number of aliphatic hydroxyl groups is 1. The van der Waals surface area contributed by atoms with E-state index >= 15 is 0 Å². The Morgan fingerprint density at radius 2 is 1.71 bits per heavy atom. The minimum Gasteiger partial charge on any atom is -0.507 e. The lowest BCUT2D eigenvalue weighted by Crippen LogP contribution is -2.29. The maximum atomic E-state index is 13.7. The number of rotatable bonds is 3. The van der Waals surface area contributed by atoms with E-state index in [-0.39, 0.29) is 33.2 Å². The Kier molecular flexibility index (Phi) is 5.58. The average molecular weight is 498 g/mol. The van der Waals surface area contributed by atoms with Crippen LogP contribution >= 0.6 is 23.2 Å². The van der Waals surface area contributed by atoms with Crippen molar-refractivity contribution in [3.05, 3.63) is 98.8 Å². The van der Waals surface area contributed by atoms with Crippen molar-refractivity contribution in [1.82, 2.24) is 0 Å². The third-order valence-electron chi connectivity index (χ3n) is 5.93. The van der Waals surface area contributed by atoms with Gasteiger partial charge in [0.15, 0.2) is 0 Å². The Balaban J connectivity index is 1.70. The smallest absolute Gasteiger partial charge is 0.300 e. The zero-order valence-corrected chi connectivity index (χ0v) is 19.4. The number of ether oxygens (including phenoxy) is 1. The third kappa shape index (κ3) is 3.83. The van der Waals surface area contributed by atoms with Crippen LogP contribution in [-0.2, 0) is 16.0 Å². The highest BCUT2D eigenvalue weighted by Gasteiger charge is 2.47. The number of anilines is 1. The molecule has 0 aliphatic carbocycles. The van der Waals surface area contributed by atoms with Crippen LogP contribution in [0.3, 0.4) is 0 Å². The summed E-state index contributed by atoms with van der Waals surface area (Å²) < 4.78 is 19.4. The Bertz CT molecular complexity index is 1350. The molecule has 5 rings (SSSR count). The van der Waals surface area contributed by atoms with Gasteiger partial charge in [0.25, 0.3) is 11.7 Å². The number of hydrogen-bond donors (Lipinski definition) is 1. The van der Waals surface area contributed by atoms with Crippen LogP contribution in [0.5, 0.6) is 5.75 Å². The number of carbonyl (C=O) groups is 2. The Morgan fingerprint density at radius 1 is 1.03 bits per heavy atom. The summed E-state index contributed by atoms with van der Waals surface area (Å²) in [7, 11) is 0. The van der Waals surface area contributed by atoms with Crippen LogP contribution in [0.4, 0.5) is 10.1 Å². The molecule has 0 bridgehead atoms. The standard InChI is InChI=1S/C26H18Cl2FNO4/c1-13-8-16-9-15(4-7-21(16)34-13)24(31)22-23(14-2-5-19(29)6-3-14)30(26(33)25(22)32)20-11-17(27)10-18(28)12-20/h2-7,9-13,23,31H,8H2,1H3/b24-22-. The predicted molar refractivity (Wildman–Crippen MR) is 128 cm³/mol. The van der Waals surface area contributed by atoms with Crippen LogP contribution in [-0.4, -0.2) is 22.9 Å². The number of nitrogens with zero attached hydrogens (tertiary/aromatic N) is 1. The molecule has 34 heavy (non-hydrogen) atoms. The van der Waals surface area contributed by atoms with E-state index in [2.05, 4.69) is 0 Å². The number of ketones is 1. The van der Waals surface area contributed by atoms with Crippen molar-refractivity contribution < 1.29 is 23.8 Å². The molecule has 1 amide bonds. The SMILES string of the molecule is CC1Cc2cc(/C(O)=C3/C(=O)C(=O)N(c4cc(Cl)cc(Cl)c4)C3c3ccc(F)cc3)ccc2O1. The average Bonchev–Trinajstić information content (AvgIpc) is 3.29. The van der Waals surface area contributed by atoms with Gasteiger partial charge in [0.2, 0.25) is 0 Å². The topological polar surface area (TPSA) is 66.8 Å². The first-order chi connectivity index (χ1) is 16.2. The lowest BCUT2D eigenvalue weighted by atomic mass is 9.94. The largest absolute Gasteiger partial charge is 0.507 e. The van der Waals surface area contributed by atoms with E-state index in [0.29, 0.717) is 23.3 Å². The van der Waals surface area contributed by atoms with Crippen molar-refractivity contribution in [2.45, 2.75) is 25.5 Å². The molecule has 5 nitrogen and oxygen atoms in total. The fourth-order valence-corrected chi connectivity index (χ4v) is 4.98. The van der Waals surface area contributed by atoms with Gasteiger partial charge >= 0.3 is 0 Å². The van der Waals surface area contributed by atoms with E-state index in [9.17, 15) is 19.1 Å². The maximum Gasteiger partial charge on any atom is 0.300 e. The second-order valence-electron chi connectivity index (χ2n) is 8.30. The number of halogens is 3. The molecule has 2 aliphatic heterocycles. The van der Waals surface area contributed by atoms with Crippen molar-refractivity contribution >= 4 is 46.3 Å². The van der Waals surface area contributed by atoms with Crippen LogP contribution in [0, 0.1) is 5.82 Å². The van der Waals surface area contributed by atoms with Crippen molar-refractivity contribution in [3.8, 4) is 5.75 Å². The third-order valence-corrected chi connectivity index (χ3v) is 6.36. The van der Waals surface area contributed by atoms with Crippen LogP contribution in [0.1, 0.15) is 29.7 Å². The maximum absolute atomic E-state index is 13.7. The van der Waals surface area contributed by atoms with Crippen molar-refractivity contribution in [3.63, 3.8) is 0 Å². The second kappa shape index (κ2) is 8.46. The van der Waals surface area contributed by atoms with Gasteiger partial charge in [-0.2, -0.15) is 0 Å². The molecule has 1 N–H and O–H groups in total. The summed E-state index contributed by atoms with van der Waals surface area (Å²) in [5.74, 6) is -1.81. The molecular weight excluding hydrogens is 480 g/mol. The van der Waals surface area contributed by atoms with E-state index in [1.165, 1.54) is 47.4 Å². The highest BCUT2D eigenvalue weighted by Crippen LogP contribution is 2.44. The molecule has 2 heterocycles. The molecule has 0 saturated carbocycles. The van der Waals surface area contributed by atoms with Crippen molar-refractivity contribution in [2.24, 2.45) is 0 Å². The number of carbonyl (C=O) groups excluding carboxylic acids is 2. The van der Waals surface area contributed by atoms with Gasteiger partial charge in [-0.1, -0.05) is 35.3 Å². The number of aliphatic hydroxyl groups excluding tert-OH is 1. The Morgan fingerprint density at radius 3 is 2.38 bits per heavy atom. The van der Waals surface area contributed by atoms with Crippen LogP contribution < -0.4 is 9.64 Å². The second-order valence-corrected chi connectivity index (χ2v) is 9.18. The fourth-order valence-electron chi connectivity index (χ4n) is 4.46. The number of amides is 1. The molecule has 2 aliphatic rings. The summed E-state index contributed by atoms with van der Waals surface area (Å²) in [4.78, 5) is 27.7. The lowest BCUT2D eigenvalue weighted by molar-refractivity contribution is -0.132. The fraction of sp³-hybridized carbons (Fsp3) is 0.154. The summed E-state index contributed by atoms with van der Waals surface area (Å²) >= 11 is 12.3. The summed E-state index contributed by atoms with van der Waals surface area (Å²) in [5.41, 5.74) is 1.89. The minimum absolute atomic E-state index is 0.00442. The number of benzene rings is 3. The van der Waals surface area contributed by atoms with E-state index in [0.717, 1.165) is 5.56 Å². The molecule has 0 aromatic heterocycles. The normalized spacial score (nSPS) is 21.0. The highest BCUT2D eigenvalue weighted by molar-refractivity contribution is 6.52. The molecule has 2 unspecified atom stereocenters. The van der Waals surface area contributed by atoms with E-state index < -0.39 is 23.5 Å². The van der Waals surface area contributed by atoms with E-state index in [1.807, 2.05) is 6.92 Å². The van der Waals surface area contributed by atoms with Gasteiger partial charge in [0.1, 0.15) is 23.4 Å². The number of fused-ring (bicyclic) bond motifs is 1. The first kappa shape index (κ1) is 22.4. The van der Waals surface area contributed by atoms with Gasteiger partial charge in [-0.15, -0.1) is 0 Å². The van der Waals surface area contributed by atoms with Gasteiger partial charge < -0.3 is 9.84 Å². The zero-order chi connectivity index (χ0) is 24.1. The van der Waals surface area contributed by atoms with Gasteiger partial charge in [0.05, 0.1) is 11.6 Å². The molecular formula is C26H18Cl2FNO4. The molecule has 0 radical (unpaired) electrons. The van der Waals surface area contributed by atoms with Gasteiger partial charge in [0, 0.05) is 27.7 Å². The molecule has 0 spiro atoms. The van der Waals surface area contributed by atoms with Gasteiger partial charge in [-0.3, -0.25) is 14.5 Å². The van der Waals surface area contributed by atoms with Gasteiger partial charge in [-0.25, -0.2) is 4.39 Å². The molecule has 172 valence electrons. The molecule has 1 fully saturated rings. The van der Waals surface area contributed by atoms with Crippen molar-refractivity contribution in [2.75, 3.05) is 4.90 Å². The van der Waals surface area contributed by atoms with Crippen molar-refractivity contribution in [1.29, 1.82) is 0 Å². The quantitative estimate of drug-likeness (QED) is 0.270. The predicted octanol–water partition coefficient (Wildman–Crippen LogP) is 6.08.